The first kappa shape index (κ1) is 16.1. The molecule has 0 amide bonds. The van der Waals surface area contributed by atoms with Gasteiger partial charge in [0.1, 0.15) is 0 Å². The predicted molar refractivity (Wildman–Crippen MR) is 72.1 cm³/mol. The lowest BCUT2D eigenvalue weighted by Gasteiger charge is -2.22. The molecule has 0 aliphatic rings. The van der Waals surface area contributed by atoms with Crippen LogP contribution in [0.1, 0.15) is 29.3 Å². The number of rotatable bonds is 7. The van der Waals surface area contributed by atoms with Crippen LogP contribution in [0.4, 0.5) is 0 Å². The van der Waals surface area contributed by atoms with Crippen LogP contribution in [-0.2, 0) is 16.1 Å². The second kappa shape index (κ2) is 7.62. The molecular formula is C14H19NO5. The summed E-state index contributed by atoms with van der Waals surface area (Å²) in [6, 6.07) is 5.74. The Labute approximate surface area is 117 Å². The van der Waals surface area contributed by atoms with E-state index >= 15 is 0 Å². The first-order valence-corrected chi connectivity index (χ1v) is 6.38. The highest BCUT2D eigenvalue weighted by atomic mass is 16.7. The molecule has 0 radical (unpaired) electrons. The molecule has 6 nitrogen and oxygen atoms in total. The zero-order valence-electron chi connectivity index (χ0n) is 11.6. The van der Waals surface area contributed by atoms with E-state index in [0.29, 0.717) is 5.56 Å². The summed E-state index contributed by atoms with van der Waals surface area (Å²) in [4.78, 5) is 27.9. The Hall–Kier alpha value is -1.92. The van der Waals surface area contributed by atoms with E-state index in [1.54, 1.807) is 12.1 Å². The fourth-order valence-electron chi connectivity index (χ4n) is 1.80. The van der Waals surface area contributed by atoms with Crippen molar-refractivity contribution in [1.29, 1.82) is 0 Å². The van der Waals surface area contributed by atoms with Crippen LogP contribution in [0.15, 0.2) is 24.3 Å². The zero-order valence-corrected chi connectivity index (χ0v) is 11.6. The molecule has 1 atom stereocenters. The fourth-order valence-corrected chi connectivity index (χ4v) is 1.80. The van der Waals surface area contributed by atoms with E-state index in [2.05, 4.69) is 0 Å². The summed E-state index contributed by atoms with van der Waals surface area (Å²) in [5.74, 6) is -1.89. The van der Waals surface area contributed by atoms with Crippen molar-refractivity contribution in [3.63, 3.8) is 0 Å². The fraction of sp³-hybridized carbons (Fsp3) is 0.429. The predicted octanol–water partition coefficient (Wildman–Crippen LogP) is 1.09. The summed E-state index contributed by atoms with van der Waals surface area (Å²) in [7, 11) is 1.30. The molecule has 0 saturated heterocycles. The molecule has 1 aromatic rings. The molecule has 6 heteroatoms. The van der Waals surface area contributed by atoms with Gasteiger partial charge in [0.15, 0.2) is 6.04 Å². The van der Waals surface area contributed by atoms with Gasteiger partial charge in [-0.3, -0.25) is 4.79 Å². The molecule has 0 fully saturated rings. The lowest BCUT2D eigenvalue weighted by Crippen LogP contribution is -2.42. The highest BCUT2D eigenvalue weighted by Crippen LogP contribution is 2.13. The highest BCUT2D eigenvalue weighted by Gasteiger charge is 2.26. The van der Waals surface area contributed by atoms with Gasteiger partial charge in [0.25, 0.3) is 0 Å². The number of nitrogens with zero attached hydrogens (tertiary/aromatic N) is 1. The van der Waals surface area contributed by atoms with Crippen LogP contribution in [0.5, 0.6) is 0 Å². The maximum absolute atomic E-state index is 12.1. The van der Waals surface area contributed by atoms with Gasteiger partial charge in [-0.1, -0.05) is 31.5 Å². The molecule has 0 aromatic heterocycles. The minimum absolute atomic E-state index is 0.406. The number of carbonyl (C=O) groups is 2. The number of carbonyl (C=O) groups excluding carboxylic acids is 1. The van der Waals surface area contributed by atoms with Gasteiger partial charge in [-0.15, -0.1) is 5.06 Å². The first-order valence-electron chi connectivity index (χ1n) is 6.38. The third-order valence-electron chi connectivity index (χ3n) is 2.88. The first-order chi connectivity index (χ1) is 9.51. The maximum atomic E-state index is 12.1. The topological polar surface area (TPSA) is 87.1 Å². The van der Waals surface area contributed by atoms with E-state index in [0.717, 1.165) is 23.5 Å². The molecule has 110 valence electrons. The lowest BCUT2D eigenvalue weighted by atomic mass is 10.0. The van der Waals surface area contributed by atoms with Crippen molar-refractivity contribution < 1.29 is 24.6 Å². The smallest absolute Gasteiger partial charge is 0.357 e. The Morgan fingerprint density at radius 2 is 2.00 bits per heavy atom. The second-order valence-corrected chi connectivity index (χ2v) is 4.37. The van der Waals surface area contributed by atoms with Gasteiger partial charge in [0, 0.05) is 7.05 Å². The highest BCUT2D eigenvalue weighted by molar-refractivity contribution is 5.91. The lowest BCUT2D eigenvalue weighted by molar-refractivity contribution is -0.168. The average molecular weight is 281 g/mol. The minimum Gasteiger partial charge on any atom is -0.480 e. The second-order valence-electron chi connectivity index (χ2n) is 4.37. The Balaban J connectivity index is 2.83. The molecule has 0 heterocycles. The molecule has 1 rings (SSSR count). The number of carboxylic acid groups (broad SMARTS) is 1. The van der Waals surface area contributed by atoms with E-state index in [9.17, 15) is 9.59 Å². The summed E-state index contributed by atoms with van der Waals surface area (Å²) in [6.45, 7) is 1.36. The van der Waals surface area contributed by atoms with Crippen molar-refractivity contribution in [2.75, 3.05) is 13.7 Å². The number of carboxylic acids is 1. The largest absolute Gasteiger partial charge is 0.480 e. The Bertz CT molecular complexity index is 474. The summed E-state index contributed by atoms with van der Waals surface area (Å²) in [6.07, 6.45) is 1.62. The molecule has 0 aliphatic heterocycles. The van der Waals surface area contributed by atoms with Gasteiger partial charge in [-0.05, 0) is 18.1 Å². The monoisotopic (exact) mass is 281 g/mol. The molecule has 0 saturated carbocycles. The van der Waals surface area contributed by atoms with Crippen LogP contribution in [0, 0.1) is 0 Å². The number of aliphatic hydroxyl groups is 1. The standard InChI is InChI=1S/C14H19NO5/c1-3-6-10-7-4-5-8-11(10)14(19)20-15(2)12(9-16)13(17)18/h4-5,7-8,12,16H,3,6,9H2,1-2H3,(H,17,18)/t12-/m0/s1. The van der Waals surface area contributed by atoms with Crippen LogP contribution in [0.3, 0.4) is 0 Å². The summed E-state index contributed by atoms with van der Waals surface area (Å²) >= 11 is 0. The van der Waals surface area contributed by atoms with Crippen LogP contribution < -0.4 is 0 Å². The number of hydrogen-bond donors (Lipinski definition) is 2. The number of aryl methyl sites for hydroxylation is 1. The molecule has 0 aliphatic carbocycles. The van der Waals surface area contributed by atoms with Crippen molar-refractivity contribution in [2.45, 2.75) is 25.8 Å². The van der Waals surface area contributed by atoms with E-state index in [-0.39, 0.29) is 0 Å². The normalized spacial score (nSPS) is 12.2. The van der Waals surface area contributed by atoms with Crippen molar-refractivity contribution in [3.8, 4) is 0 Å². The molecular weight excluding hydrogens is 262 g/mol. The van der Waals surface area contributed by atoms with E-state index < -0.39 is 24.6 Å². The van der Waals surface area contributed by atoms with Gasteiger partial charge in [-0.25, -0.2) is 4.79 Å². The van der Waals surface area contributed by atoms with Crippen LogP contribution in [0.25, 0.3) is 0 Å². The van der Waals surface area contributed by atoms with Crippen LogP contribution in [0.2, 0.25) is 0 Å². The number of aliphatic carboxylic acids is 1. The van der Waals surface area contributed by atoms with Gasteiger partial charge in [0.2, 0.25) is 0 Å². The van der Waals surface area contributed by atoms with Crippen molar-refractivity contribution in [2.24, 2.45) is 0 Å². The summed E-state index contributed by atoms with van der Waals surface area (Å²) in [5.41, 5.74) is 1.26. The van der Waals surface area contributed by atoms with Gasteiger partial charge in [0.05, 0.1) is 12.2 Å². The van der Waals surface area contributed by atoms with Crippen LogP contribution in [-0.4, -0.2) is 46.9 Å². The Morgan fingerprint density at radius 3 is 2.55 bits per heavy atom. The minimum atomic E-state index is -1.28. The molecule has 1 aromatic carbocycles. The zero-order chi connectivity index (χ0) is 15.1. The van der Waals surface area contributed by atoms with E-state index in [4.69, 9.17) is 15.1 Å². The van der Waals surface area contributed by atoms with E-state index in [1.807, 2.05) is 19.1 Å². The average Bonchev–Trinajstić information content (AvgIpc) is 2.39. The van der Waals surface area contributed by atoms with Gasteiger partial charge >= 0.3 is 11.9 Å². The molecule has 0 bridgehead atoms. The van der Waals surface area contributed by atoms with E-state index in [1.165, 1.54) is 7.05 Å². The number of likely N-dealkylation sites (N-methyl/N-ethyl adjacent to an activating group) is 1. The molecule has 0 spiro atoms. The van der Waals surface area contributed by atoms with Crippen LogP contribution >= 0.6 is 0 Å². The summed E-state index contributed by atoms with van der Waals surface area (Å²) < 4.78 is 0. The molecule has 2 N–H and O–H groups in total. The quantitative estimate of drug-likeness (QED) is 0.727. The molecule has 0 unspecified atom stereocenters. The van der Waals surface area contributed by atoms with Crippen molar-refractivity contribution >= 4 is 11.9 Å². The third kappa shape index (κ3) is 4.04. The number of aliphatic hydroxyl groups excluding tert-OH is 1. The van der Waals surface area contributed by atoms with Crippen molar-refractivity contribution in [3.05, 3.63) is 35.4 Å². The maximum Gasteiger partial charge on any atom is 0.357 e. The Kier molecular flexibility index (Phi) is 6.14. The Morgan fingerprint density at radius 1 is 1.35 bits per heavy atom. The number of hydroxylamine groups is 2. The molecule has 20 heavy (non-hydrogen) atoms. The third-order valence-corrected chi connectivity index (χ3v) is 2.88. The van der Waals surface area contributed by atoms with Gasteiger partial charge < -0.3 is 15.1 Å². The summed E-state index contributed by atoms with van der Waals surface area (Å²) in [5, 5.41) is 18.7. The SMILES string of the molecule is CCCc1ccccc1C(=O)ON(C)[C@@H](CO)C(=O)O. The number of hydrogen-bond acceptors (Lipinski definition) is 5. The number of benzene rings is 1. The van der Waals surface area contributed by atoms with Crippen molar-refractivity contribution in [1.82, 2.24) is 5.06 Å². The van der Waals surface area contributed by atoms with Gasteiger partial charge in [-0.2, -0.15) is 0 Å².